The van der Waals surface area contributed by atoms with E-state index in [1.807, 2.05) is 36.1 Å². The normalized spacial score (nSPS) is 17.5. The second-order valence-corrected chi connectivity index (χ2v) is 8.88. The quantitative estimate of drug-likeness (QED) is 0.846. The van der Waals surface area contributed by atoms with Crippen molar-refractivity contribution in [2.45, 2.75) is 37.8 Å². The average molecular weight is 372 g/mol. The molecule has 1 amide bonds. The number of nitrogens with one attached hydrogen (secondary N) is 1. The van der Waals surface area contributed by atoms with Gasteiger partial charge in [-0.2, -0.15) is 0 Å². The molecule has 0 aromatic heterocycles. The Balaban J connectivity index is 1.73. The zero-order valence-corrected chi connectivity index (χ0v) is 15.9. The van der Waals surface area contributed by atoms with Crippen molar-refractivity contribution < 1.29 is 13.2 Å². The van der Waals surface area contributed by atoms with Gasteiger partial charge in [0.25, 0.3) is 0 Å². The number of para-hydroxylation sites is 1. The van der Waals surface area contributed by atoms with E-state index in [-0.39, 0.29) is 16.6 Å². The number of aryl methyl sites for hydroxylation is 1. The Hall–Kier alpha value is -2.34. The minimum Gasteiger partial charge on any atom is -0.373 e. The van der Waals surface area contributed by atoms with Gasteiger partial charge in [-0.15, -0.1) is 0 Å². The van der Waals surface area contributed by atoms with E-state index in [9.17, 15) is 13.2 Å². The van der Waals surface area contributed by atoms with Gasteiger partial charge in [0.05, 0.1) is 16.3 Å². The Bertz CT molecular complexity index is 892. The lowest BCUT2D eigenvalue weighted by atomic mass is 10.1. The molecule has 1 heterocycles. The molecule has 138 valence electrons. The van der Waals surface area contributed by atoms with Gasteiger partial charge in [-0.1, -0.05) is 48.9 Å². The van der Waals surface area contributed by atoms with Crippen LogP contribution in [0.4, 0.5) is 5.69 Å². The monoisotopic (exact) mass is 372 g/mol. The highest BCUT2D eigenvalue weighted by Gasteiger charge is 2.32. The molecule has 1 fully saturated rings. The van der Waals surface area contributed by atoms with Crippen molar-refractivity contribution in [2.75, 3.05) is 17.6 Å². The number of anilines is 1. The van der Waals surface area contributed by atoms with Crippen molar-refractivity contribution in [3.8, 4) is 0 Å². The Kier molecular flexibility index (Phi) is 5.32. The number of amides is 1. The average Bonchev–Trinajstić information content (AvgIpc) is 2.97. The van der Waals surface area contributed by atoms with Crippen LogP contribution in [-0.2, 0) is 21.2 Å². The van der Waals surface area contributed by atoms with E-state index in [1.54, 1.807) is 31.2 Å². The number of hydrogen-bond donors (Lipinski definition) is 1. The maximum absolute atomic E-state index is 12.7. The number of rotatable bonds is 6. The minimum absolute atomic E-state index is 0.00859. The number of carbonyl (C=O) groups is 1. The van der Waals surface area contributed by atoms with E-state index in [0.29, 0.717) is 25.2 Å². The lowest BCUT2D eigenvalue weighted by Gasteiger charge is -2.19. The van der Waals surface area contributed by atoms with Gasteiger partial charge in [0.1, 0.15) is 6.04 Å². The summed E-state index contributed by atoms with van der Waals surface area (Å²) in [6.07, 6.45) is 0.658. The highest BCUT2D eigenvalue weighted by Crippen LogP contribution is 2.25. The zero-order valence-electron chi connectivity index (χ0n) is 15.1. The standard InChI is InChI=1S/C20H24N2O3S/c1-3-26(24,25)19-7-5-4-6-17(19)21-18-12-13-22(20(18)23)14-16-10-8-15(2)9-11-16/h4-11,18,21H,3,12-14H2,1-2H3. The van der Waals surface area contributed by atoms with E-state index < -0.39 is 15.9 Å². The maximum Gasteiger partial charge on any atom is 0.245 e. The highest BCUT2D eigenvalue weighted by molar-refractivity contribution is 7.91. The van der Waals surface area contributed by atoms with Crippen molar-refractivity contribution >= 4 is 21.4 Å². The van der Waals surface area contributed by atoms with Gasteiger partial charge >= 0.3 is 0 Å². The summed E-state index contributed by atoms with van der Waals surface area (Å²) in [5.41, 5.74) is 2.79. The molecule has 0 radical (unpaired) electrons. The molecule has 6 heteroatoms. The van der Waals surface area contributed by atoms with E-state index in [0.717, 1.165) is 5.56 Å². The van der Waals surface area contributed by atoms with Gasteiger partial charge < -0.3 is 10.2 Å². The van der Waals surface area contributed by atoms with Crippen LogP contribution in [0.5, 0.6) is 0 Å². The predicted molar refractivity (Wildman–Crippen MR) is 103 cm³/mol. The highest BCUT2D eigenvalue weighted by atomic mass is 32.2. The first-order valence-corrected chi connectivity index (χ1v) is 10.5. The van der Waals surface area contributed by atoms with Crippen LogP contribution in [0, 0.1) is 6.92 Å². The fraction of sp³-hybridized carbons (Fsp3) is 0.350. The van der Waals surface area contributed by atoms with Gasteiger partial charge in [0, 0.05) is 13.1 Å². The van der Waals surface area contributed by atoms with Crippen LogP contribution in [0.2, 0.25) is 0 Å². The summed E-state index contributed by atoms with van der Waals surface area (Å²) in [5.74, 6) is 0.0402. The molecule has 1 atom stereocenters. The lowest BCUT2D eigenvalue weighted by molar-refractivity contribution is -0.128. The molecule has 2 aromatic carbocycles. The second kappa shape index (κ2) is 7.50. The van der Waals surface area contributed by atoms with Gasteiger partial charge in [-0.25, -0.2) is 8.42 Å². The molecule has 3 rings (SSSR count). The van der Waals surface area contributed by atoms with Crippen LogP contribution in [0.3, 0.4) is 0 Å². The molecule has 26 heavy (non-hydrogen) atoms. The number of sulfone groups is 1. The Labute approximate surface area is 154 Å². The molecule has 5 nitrogen and oxygen atoms in total. The first-order chi connectivity index (χ1) is 12.4. The summed E-state index contributed by atoms with van der Waals surface area (Å²) < 4.78 is 24.5. The number of carbonyl (C=O) groups excluding carboxylic acids is 1. The minimum atomic E-state index is -3.34. The Morgan fingerprint density at radius 2 is 1.81 bits per heavy atom. The summed E-state index contributed by atoms with van der Waals surface area (Å²) in [5, 5.41) is 3.15. The first-order valence-electron chi connectivity index (χ1n) is 8.83. The molecule has 0 aliphatic carbocycles. The van der Waals surface area contributed by atoms with Crippen molar-refractivity contribution in [1.29, 1.82) is 0 Å². The van der Waals surface area contributed by atoms with Crippen LogP contribution in [0.15, 0.2) is 53.4 Å². The van der Waals surface area contributed by atoms with Gasteiger partial charge in [0.15, 0.2) is 9.84 Å². The molecule has 1 aliphatic heterocycles. The Morgan fingerprint density at radius 3 is 2.50 bits per heavy atom. The maximum atomic E-state index is 12.7. The molecule has 1 unspecified atom stereocenters. The van der Waals surface area contributed by atoms with E-state index in [2.05, 4.69) is 5.32 Å². The van der Waals surface area contributed by atoms with Crippen LogP contribution < -0.4 is 5.32 Å². The largest absolute Gasteiger partial charge is 0.373 e. The van der Waals surface area contributed by atoms with Gasteiger partial charge in [-0.3, -0.25) is 4.79 Å². The summed E-state index contributed by atoms with van der Waals surface area (Å²) in [7, 11) is -3.34. The molecular formula is C20H24N2O3S. The third-order valence-corrected chi connectivity index (χ3v) is 6.51. The second-order valence-electron chi connectivity index (χ2n) is 6.63. The summed E-state index contributed by atoms with van der Waals surface area (Å²) in [6.45, 7) is 4.89. The van der Waals surface area contributed by atoms with Gasteiger partial charge in [-0.05, 0) is 31.0 Å². The first kappa shape index (κ1) is 18.5. The lowest BCUT2D eigenvalue weighted by Crippen LogP contribution is -2.33. The van der Waals surface area contributed by atoms with Crippen molar-refractivity contribution in [3.63, 3.8) is 0 Å². The fourth-order valence-electron chi connectivity index (χ4n) is 3.14. The third-order valence-electron chi connectivity index (χ3n) is 4.72. The SMILES string of the molecule is CCS(=O)(=O)c1ccccc1NC1CCN(Cc2ccc(C)cc2)C1=O. The molecule has 1 N–H and O–H groups in total. The molecule has 0 saturated carbocycles. The van der Waals surface area contributed by atoms with Gasteiger partial charge in [0.2, 0.25) is 5.91 Å². The van der Waals surface area contributed by atoms with E-state index in [1.165, 1.54) is 5.56 Å². The number of nitrogens with zero attached hydrogens (tertiary/aromatic N) is 1. The summed E-state index contributed by atoms with van der Waals surface area (Å²) >= 11 is 0. The fourth-order valence-corrected chi connectivity index (χ4v) is 4.20. The summed E-state index contributed by atoms with van der Waals surface area (Å²) in [6, 6.07) is 14.5. The topological polar surface area (TPSA) is 66.5 Å². The molecule has 1 saturated heterocycles. The molecule has 0 bridgehead atoms. The molecular weight excluding hydrogens is 348 g/mol. The molecule has 2 aromatic rings. The number of likely N-dealkylation sites (tertiary alicyclic amines) is 1. The third kappa shape index (κ3) is 3.90. The van der Waals surface area contributed by atoms with Crippen LogP contribution in [-0.4, -0.2) is 37.6 Å². The van der Waals surface area contributed by atoms with E-state index in [4.69, 9.17) is 0 Å². The zero-order chi connectivity index (χ0) is 18.7. The number of benzene rings is 2. The summed E-state index contributed by atoms with van der Waals surface area (Å²) in [4.78, 5) is 14.8. The molecule has 1 aliphatic rings. The smallest absolute Gasteiger partial charge is 0.245 e. The van der Waals surface area contributed by atoms with E-state index >= 15 is 0 Å². The number of hydrogen-bond acceptors (Lipinski definition) is 4. The van der Waals surface area contributed by atoms with Crippen LogP contribution in [0.25, 0.3) is 0 Å². The van der Waals surface area contributed by atoms with Crippen LogP contribution >= 0.6 is 0 Å². The Morgan fingerprint density at radius 1 is 1.12 bits per heavy atom. The van der Waals surface area contributed by atoms with Crippen LogP contribution in [0.1, 0.15) is 24.5 Å². The van der Waals surface area contributed by atoms with Crippen molar-refractivity contribution in [1.82, 2.24) is 4.90 Å². The van der Waals surface area contributed by atoms with Crippen molar-refractivity contribution in [3.05, 3.63) is 59.7 Å². The van der Waals surface area contributed by atoms with Crippen molar-refractivity contribution in [2.24, 2.45) is 0 Å². The predicted octanol–water partition coefficient (Wildman–Crippen LogP) is 3.00. The molecule has 0 spiro atoms.